The van der Waals surface area contributed by atoms with E-state index in [9.17, 15) is 20.4 Å². The Morgan fingerprint density at radius 1 is 0.762 bits per heavy atom. The van der Waals surface area contributed by atoms with Gasteiger partial charge >= 0.3 is 7.12 Å². The summed E-state index contributed by atoms with van der Waals surface area (Å²) in [5.41, 5.74) is 0.766. The number of benzene rings is 2. The van der Waals surface area contributed by atoms with Gasteiger partial charge in [0.15, 0.2) is 11.5 Å². The summed E-state index contributed by atoms with van der Waals surface area (Å²) in [7, 11) is -1.80. The van der Waals surface area contributed by atoms with E-state index < -0.39 is 24.4 Å². The zero-order chi connectivity index (χ0) is 15.6. The molecule has 0 aliphatic rings. The molecule has 0 atom stereocenters. The number of aromatic hydroxyl groups is 4. The molecule has 21 heavy (non-hydrogen) atoms. The summed E-state index contributed by atoms with van der Waals surface area (Å²) in [5, 5.41) is 55.9. The highest BCUT2D eigenvalue weighted by Gasteiger charge is 2.15. The van der Waals surface area contributed by atoms with Gasteiger partial charge in [-0.1, -0.05) is 24.3 Å². The van der Waals surface area contributed by atoms with Gasteiger partial charge in [-0.25, -0.2) is 0 Å². The van der Waals surface area contributed by atoms with Gasteiger partial charge in [-0.3, -0.25) is 0 Å². The maximum absolute atomic E-state index is 9.66. The van der Waals surface area contributed by atoms with Crippen LogP contribution < -0.4 is 5.46 Å². The van der Waals surface area contributed by atoms with Crippen molar-refractivity contribution in [3.8, 4) is 23.0 Å². The third-order valence-electron chi connectivity index (χ3n) is 2.95. The van der Waals surface area contributed by atoms with Crippen molar-refractivity contribution in [3.63, 3.8) is 0 Å². The largest absolute Gasteiger partial charge is 0.508 e. The van der Waals surface area contributed by atoms with Gasteiger partial charge in [0.05, 0.1) is 0 Å². The topological polar surface area (TPSA) is 121 Å². The minimum absolute atomic E-state index is 0.0464. The zero-order valence-electron chi connectivity index (χ0n) is 10.8. The second-order valence-corrected chi connectivity index (χ2v) is 4.40. The lowest BCUT2D eigenvalue weighted by atomic mass is 9.79. The standard InChI is InChI=1S/C14H13BO6/c16-11-5-2-8(7-10(11)15(20)21)1-3-9-4-6-12(17)14(19)13(9)18/h1-7,16-21H/b3-1+. The number of phenols is 4. The van der Waals surface area contributed by atoms with Crippen LogP contribution in [0.15, 0.2) is 30.3 Å². The molecule has 2 aromatic carbocycles. The summed E-state index contributed by atoms with van der Waals surface area (Å²) in [6.07, 6.45) is 3.01. The van der Waals surface area contributed by atoms with E-state index in [1.807, 2.05) is 0 Å². The fraction of sp³-hybridized carbons (Fsp3) is 0. The Morgan fingerprint density at radius 2 is 1.43 bits per heavy atom. The highest BCUT2D eigenvalue weighted by molar-refractivity contribution is 6.59. The molecule has 0 aliphatic carbocycles. The number of rotatable bonds is 3. The van der Waals surface area contributed by atoms with Crippen LogP contribution in [0.5, 0.6) is 23.0 Å². The zero-order valence-corrected chi connectivity index (χ0v) is 10.8. The van der Waals surface area contributed by atoms with E-state index in [1.54, 1.807) is 0 Å². The van der Waals surface area contributed by atoms with Crippen LogP contribution >= 0.6 is 0 Å². The Morgan fingerprint density at radius 3 is 2.10 bits per heavy atom. The predicted molar refractivity (Wildman–Crippen MR) is 78.3 cm³/mol. The molecule has 0 bridgehead atoms. The van der Waals surface area contributed by atoms with Crippen molar-refractivity contribution < 1.29 is 30.5 Å². The van der Waals surface area contributed by atoms with Crippen LogP contribution in [0.2, 0.25) is 0 Å². The van der Waals surface area contributed by atoms with Crippen LogP contribution in [0.1, 0.15) is 11.1 Å². The third-order valence-corrected chi connectivity index (χ3v) is 2.95. The van der Waals surface area contributed by atoms with E-state index in [4.69, 9.17) is 10.0 Å². The molecule has 0 heterocycles. The molecule has 0 aliphatic heterocycles. The average molecular weight is 288 g/mol. The van der Waals surface area contributed by atoms with Gasteiger partial charge in [0.2, 0.25) is 5.75 Å². The maximum Gasteiger partial charge on any atom is 0.492 e. The molecular formula is C14H13BO6. The molecule has 0 spiro atoms. The Balaban J connectivity index is 2.34. The fourth-order valence-electron chi connectivity index (χ4n) is 1.79. The summed E-state index contributed by atoms with van der Waals surface area (Å²) in [4.78, 5) is 0. The van der Waals surface area contributed by atoms with Gasteiger partial charge in [-0.2, -0.15) is 0 Å². The molecule has 0 fully saturated rings. The van der Waals surface area contributed by atoms with Crippen molar-refractivity contribution in [1.29, 1.82) is 0 Å². The second-order valence-electron chi connectivity index (χ2n) is 4.40. The Hall–Kier alpha value is -2.64. The van der Waals surface area contributed by atoms with Gasteiger partial charge in [-0.15, -0.1) is 0 Å². The molecule has 0 aromatic heterocycles. The van der Waals surface area contributed by atoms with Gasteiger partial charge < -0.3 is 30.5 Å². The van der Waals surface area contributed by atoms with Gasteiger partial charge in [-0.05, 0) is 23.8 Å². The number of hydrogen-bond acceptors (Lipinski definition) is 6. The Bertz CT molecular complexity index is 696. The van der Waals surface area contributed by atoms with Crippen molar-refractivity contribution in [1.82, 2.24) is 0 Å². The lowest BCUT2D eigenvalue weighted by Crippen LogP contribution is -2.30. The smallest absolute Gasteiger partial charge is 0.492 e. The molecule has 2 rings (SSSR count). The SMILES string of the molecule is OB(O)c1cc(/C=C/c2ccc(O)c(O)c2O)ccc1O. The van der Waals surface area contributed by atoms with Crippen LogP contribution in [0.4, 0.5) is 0 Å². The van der Waals surface area contributed by atoms with Crippen molar-refractivity contribution >= 4 is 24.7 Å². The summed E-state index contributed by atoms with van der Waals surface area (Å²) >= 11 is 0. The molecule has 0 saturated carbocycles. The van der Waals surface area contributed by atoms with Crippen LogP contribution in [0.3, 0.4) is 0 Å². The van der Waals surface area contributed by atoms with Crippen LogP contribution in [0.25, 0.3) is 12.2 Å². The molecule has 0 unspecified atom stereocenters. The minimum Gasteiger partial charge on any atom is -0.508 e. The Kier molecular flexibility index (Phi) is 4.06. The minimum atomic E-state index is -1.80. The summed E-state index contributed by atoms with van der Waals surface area (Å²) in [5.74, 6) is -1.76. The van der Waals surface area contributed by atoms with Crippen molar-refractivity contribution in [3.05, 3.63) is 41.5 Å². The highest BCUT2D eigenvalue weighted by atomic mass is 16.4. The highest BCUT2D eigenvalue weighted by Crippen LogP contribution is 2.37. The lowest BCUT2D eigenvalue weighted by Gasteiger charge is -2.05. The van der Waals surface area contributed by atoms with Gasteiger partial charge in [0.25, 0.3) is 0 Å². The molecule has 6 nitrogen and oxygen atoms in total. The van der Waals surface area contributed by atoms with E-state index >= 15 is 0 Å². The summed E-state index contributed by atoms with van der Waals surface area (Å²) < 4.78 is 0. The monoisotopic (exact) mass is 288 g/mol. The number of hydrogen-bond donors (Lipinski definition) is 6. The molecule has 0 saturated heterocycles. The van der Waals surface area contributed by atoms with Crippen molar-refractivity contribution in [2.24, 2.45) is 0 Å². The molecular weight excluding hydrogens is 275 g/mol. The van der Waals surface area contributed by atoms with Crippen molar-refractivity contribution in [2.75, 3.05) is 0 Å². The van der Waals surface area contributed by atoms with Gasteiger partial charge in [0.1, 0.15) is 5.75 Å². The Labute approximate surface area is 120 Å². The van der Waals surface area contributed by atoms with E-state index in [0.29, 0.717) is 5.56 Å². The first kappa shape index (κ1) is 14.8. The van der Waals surface area contributed by atoms with Crippen molar-refractivity contribution in [2.45, 2.75) is 0 Å². The molecule has 7 heteroatoms. The second kappa shape index (κ2) is 5.78. The predicted octanol–water partition coefficient (Wildman–Crippen LogP) is 0.359. The first-order valence-electron chi connectivity index (χ1n) is 6.01. The molecule has 2 aromatic rings. The molecule has 108 valence electrons. The molecule has 6 N–H and O–H groups in total. The van der Waals surface area contributed by atoms with E-state index in [0.717, 1.165) is 0 Å². The maximum atomic E-state index is 9.66. The van der Waals surface area contributed by atoms with Crippen LogP contribution in [-0.2, 0) is 0 Å². The quantitative estimate of drug-likeness (QED) is 0.275. The summed E-state index contributed by atoms with van der Waals surface area (Å²) in [6, 6.07) is 6.85. The van der Waals surface area contributed by atoms with Crippen LogP contribution in [-0.4, -0.2) is 37.6 Å². The average Bonchev–Trinajstić information content (AvgIpc) is 2.45. The molecule has 0 amide bonds. The van der Waals surface area contributed by atoms with Gasteiger partial charge in [0, 0.05) is 11.0 Å². The third kappa shape index (κ3) is 3.10. The first-order chi connectivity index (χ1) is 9.90. The lowest BCUT2D eigenvalue weighted by molar-refractivity contribution is 0.367. The van der Waals surface area contributed by atoms with E-state index in [1.165, 1.54) is 42.5 Å². The molecule has 0 radical (unpaired) electrons. The fourth-order valence-corrected chi connectivity index (χ4v) is 1.79. The van der Waals surface area contributed by atoms with E-state index in [-0.39, 0.29) is 16.8 Å². The van der Waals surface area contributed by atoms with E-state index in [2.05, 4.69) is 0 Å². The first-order valence-corrected chi connectivity index (χ1v) is 6.01. The summed E-state index contributed by atoms with van der Waals surface area (Å²) in [6.45, 7) is 0. The van der Waals surface area contributed by atoms with Crippen LogP contribution in [0, 0.1) is 0 Å². The number of phenolic OH excluding ortho intramolecular Hbond substituents is 4. The normalized spacial score (nSPS) is 11.0.